The number of quaternary nitrogens is 1. The number of hydrogen-bond acceptors (Lipinski definition) is 3. The molecule has 0 spiro atoms. The van der Waals surface area contributed by atoms with Crippen molar-refractivity contribution in [2.24, 2.45) is 0 Å². The number of carbonyl (C=O) groups is 2. The van der Waals surface area contributed by atoms with Gasteiger partial charge in [0.25, 0.3) is 11.8 Å². The van der Waals surface area contributed by atoms with Crippen LogP contribution in [-0.2, 0) is 9.59 Å². The Labute approximate surface area is 167 Å². The van der Waals surface area contributed by atoms with Crippen LogP contribution >= 0.6 is 0 Å². The predicted octanol–water partition coefficient (Wildman–Crippen LogP) is 1.98. The number of methoxy groups -OCH3 is 1. The van der Waals surface area contributed by atoms with Gasteiger partial charge >= 0.3 is 0 Å². The Morgan fingerprint density at radius 2 is 1.68 bits per heavy atom. The van der Waals surface area contributed by atoms with Gasteiger partial charge < -0.3 is 19.9 Å². The number of para-hydroxylation sites is 1. The van der Waals surface area contributed by atoms with Gasteiger partial charge in [0, 0.05) is 17.4 Å². The molecule has 2 amide bonds. The van der Waals surface area contributed by atoms with E-state index in [1.54, 1.807) is 36.3 Å². The highest BCUT2D eigenvalue weighted by molar-refractivity contribution is 5.95. The summed E-state index contributed by atoms with van der Waals surface area (Å²) in [6.07, 6.45) is 0. The number of benzene rings is 2. The molecule has 2 aromatic rings. The van der Waals surface area contributed by atoms with Crippen LogP contribution in [0.25, 0.3) is 0 Å². The van der Waals surface area contributed by atoms with Crippen molar-refractivity contribution in [3.05, 3.63) is 54.6 Å². The molecule has 0 saturated carbocycles. The lowest BCUT2D eigenvalue weighted by molar-refractivity contribution is -0.881. The van der Waals surface area contributed by atoms with Crippen LogP contribution in [0, 0.1) is 0 Å². The molecule has 0 radical (unpaired) electrons. The summed E-state index contributed by atoms with van der Waals surface area (Å²) in [4.78, 5) is 28.0. The maximum absolute atomic E-state index is 12.9. The van der Waals surface area contributed by atoms with Gasteiger partial charge in [-0.3, -0.25) is 9.59 Å². The zero-order valence-corrected chi connectivity index (χ0v) is 17.1. The average molecular weight is 385 g/mol. The second-order valence-corrected chi connectivity index (χ2v) is 6.93. The van der Waals surface area contributed by atoms with E-state index in [-0.39, 0.29) is 30.9 Å². The predicted molar refractivity (Wildman–Crippen MR) is 112 cm³/mol. The summed E-state index contributed by atoms with van der Waals surface area (Å²) in [5.41, 5.74) is 1.58. The zero-order valence-electron chi connectivity index (χ0n) is 17.1. The average Bonchev–Trinajstić information content (AvgIpc) is 2.68. The molecular formula is C22H30N3O3+. The van der Waals surface area contributed by atoms with Crippen LogP contribution in [0.5, 0.6) is 5.75 Å². The molecule has 0 saturated heterocycles. The molecule has 6 heteroatoms. The van der Waals surface area contributed by atoms with Crippen molar-refractivity contribution in [2.45, 2.75) is 26.8 Å². The third kappa shape index (κ3) is 6.09. The molecule has 0 fully saturated rings. The lowest BCUT2D eigenvalue weighted by atomic mass is 10.2. The Morgan fingerprint density at radius 3 is 2.21 bits per heavy atom. The van der Waals surface area contributed by atoms with Gasteiger partial charge in [-0.2, -0.15) is 0 Å². The normalized spacial score (nSPS) is 11.8. The Balaban J connectivity index is 1.97. The van der Waals surface area contributed by atoms with E-state index in [2.05, 4.69) is 5.32 Å². The minimum Gasteiger partial charge on any atom is -0.497 e. The van der Waals surface area contributed by atoms with Crippen LogP contribution in [0.2, 0.25) is 0 Å². The first-order valence-corrected chi connectivity index (χ1v) is 9.59. The first-order chi connectivity index (χ1) is 13.4. The molecule has 1 atom stereocenters. The number of amides is 2. The van der Waals surface area contributed by atoms with Crippen molar-refractivity contribution in [2.75, 3.05) is 37.0 Å². The van der Waals surface area contributed by atoms with Crippen LogP contribution in [-0.4, -0.2) is 44.6 Å². The Morgan fingerprint density at radius 1 is 1.04 bits per heavy atom. The van der Waals surface area contributed by atoms with Crippen LogP contribution in [0.1, 0.15) is 20.8 Å². The van der Waals surface area contributed by atoms with Crippen LogP contribution in [0.15, 0.2) is 54.6 Å². The van der Waals surface area contributed by atoms with Gasteiger partial charge in [-0.25, -0.2) is 0 Å². The SMILES string of the molecule is CC[NH+](CC(=O)Nc1ccc(OC)cc1)CC(=O)N(c1ccccc1)C(C)C. The molecule has 0 aliphatic rings. The van der Waals surface area contributed by atoms with Crippen molar-refractivity contribution in [3.63, 3.8) is 0 Å². The molecule has 1 unspecified atom stereocenters. The number of anilines is 2. The monoisotopic (exact) mass is 384 g/mol. The number of nitrogens with zero attached hydrogens (tertiary/aromatic N) is 1. The quantitative estimate of drug-likeness (QED) is 0.695. The fourth-order valence-corrected chi connectivity index (χ4v) is 3.04. The van der Waals surface area contributed by atoms with E-state index in [1.165, 1.54) is 0 Å². The molecule has 6 nitrogen and oxygen atoms in total. The van der Waals surface area contributed by atoms with E-state index in [1.807, 2.05) is 51.1 Å². The lowest BCUT2D eigenvalue weighted by Crippen LogP contribution is -3.14. The standard InChI is InChI=1S/C22H29N3O3/c1-5-24(15-21(26)23-18-11-13-20(28-4)14-12-18)16-22(27)25(17(2)3)19-9-7-6-8-10-19/h6-14,17H,5,15-16H2,1-4H3,(H,23,26)/p+1. The minimum absolute atomic E-state index is 0.00953. The van der Waals surface area contributed by atoms with Gasteiger partial charge in [0.1, 0.15) is 5.75 Å². The molecule has 0 aliphatic carbocycles. The highest BCUT2D eigenvalue weighted by atomic mass is 16.5. The topological polar surface area (TPSA) is 63.1 Å². The third-order valence-electron chi connectivity index (χ3n) is 4.51. The molecule has 2 rings (SSSR count). The molecule has 0 bridgehead atoms. The van der Waals surface area contributed by atoms with Crippen LogP contribution < -0.4 is 19.9 Å². The molecule has 0 aromatic heterocycles. The Hall–Kier alpha value is -2.86. The molecule has 0 heterocycles. The molecule has 28 heavy (non-hydrogen) atoms. The molecule has 2 N–H and O–H groups in total. The lowest BCUT2D eigenvalue weighted by Gasteiger charge is -2.28. The second-order valence-electron chi connectivity index (χ2n) is 6.93. The molecule has 150 valence electrons. The summed E-state index contributed by atoms with van der Waals surface area (Å²) in [6, 6.07) is 16.9. The van der Waals surface area contributed by atoms with Crippen molar-refractivity contribution in [1.29, 1.82) is 0 Å². The highest BCUT2D eigenvalue weighted by Crippen LogP contribution is 2.16. The van der Waals surface area contributed by atoms with E-state index >= 15 is 0 Å². The summed E-state index contributed by atoms with van der Waals surface area (Å²) in [5, 5.41) is 2.87. The molecule has 0 aliphatic heterocycles. The summed E-state index contributed by atoms with van der Waals surface area (Å²) in [6.45, 7) is 7.14. The van der Waals surface area contributed by atoms with E-state index in [0.29, 0.717) is 12.2 Å². The number of nitrogens with one attached hydrogen (secondary N) is 2. The summed E-state index contributed by atoms with van der Waals surface area (Å²) in [5.74, 6) is 0.625. The number of likely N-dealkylation sites (N-methyl/N-ethyl adjacent to an activating group) is 1. The molecule has 2 aromatic carbocycles. The van der Waals surface area contributed by atoms with Crippen molar-refractivity contribution >= 4 is 23.2 Å². The fourth-order valence-electron chi connectivity index (χ4n) is 3.04. The fraction of sp³-hybridized carbons (Fsp3) is 0.364. The number of carbonyl (C=O) groups excluding carboxylic acids is 2. The van der Waals surface area contributed by atoms with Crippen LogP contribution in [0.4, 0.5) is 11.4 Å². The van der Waals surface area contributed by atoms with Crippen molar-refractivity contribution in [3.8, 4) is 5.75 Å². The Bertz CT molecular complexity index is 760. The van der Waals surface area contributed by atoms with Gasteiger partial charge in [-0.1, -0.05) is 18.2 Å². The number of hydrogen-bond donors (Lipinski definition) is 2. The van der Waals surface area contributed by atoms with E-state index in [9.17, 15) is 9.59 Å². The van der Waals surface area contributed by atoms with Gasteiger partial charge in [0.15, 0.2) is 13.1 Å². The maximum Gasteiger partial charge on any atom is 0.282 e. The summed E-state index contributed by atoms with van der Waals surface area (Å²) < 4.78 is 5.12. The first kappa shape index (κ1) is 21.4. The summed E-state index contributed by atoms with van der Waals surface area (Å²) in [7, 11) is 1.60. The zero-order chi connectivity index (χ0) is 20.5. The maximum atomic E-state index is 12.9. The van der Waals surface area contributed by atoms with E-state index in [4.69, 9.17) is 4.74 Å². The molecular weight excluding hydrogens is 354 g/mol. The second kappa shape index (κ2) is 10.5. The van der Waals surface area contributed by atoms with Crippen LogP contribution in [0.3, 0.4) is 0 Å². The van der Waals surface area contributed by atoms with E-state index < -0.39 is 0 Å². The van der Waals surface area contributed by atoms with Crippen molar-refractivity contribution < 1.29 is 19.2 Å². The van der Waals surface area contributed by atoms with E-state index in [0.717, 1.165) is 16.3 Å². The van der Waals surface area contributed by atoms with Gasteiger partial charge in [0.05, 0.1) is 13.7 Å². The van der Waals surface area contributed by atoms with Gasteiger partial charge in [-0.05, 0) is 57.2 Å². The Kier molecular flexibility index (Phi) is 8.02. The third-order valence-corrected chi connectivity index (χ3v) is 4.51. The number of ether oxygens (including phenoxy) is 1. The minimum atomic E-state index is -0.120. The first-order valence-electron chi connectivity index (χ1n) is 9.59. The summed E-state index contributed by atoms with van der Waals surface area (Å²) >= 11 is 0. The largest absolute Gasteiger partial charge is 0.497 e. The van der Waals surface area contributed by atoms with Gasteiger partial charge in [0.2, 0.25) is 0 Å². The van der Waals surface area contributed by atoms with Crippen molar-refractivity contribution in [1.82, 2.24) is 0 Å². The number of rotatable bonds is 9. The smallest absolute Gasteiger partial charge is 0.282 e. The van der Waals surface area contributed by atoms with Gasteiger partial charge in [-0.15, -0.1) is 0 Å². The highest BCUT2D eigenvalue weighted by Gasteiger charge is 2.24.